The molecule has 0 radical (unpaired) electrons. The fourth-order valence-corrected chi connectivity index (χ4v) is 3.68. The number of fused-ring (bicyclic) bond motifs is 1. The van der Waals surface area contributed by atoms with Crippen molar-refractivity contribution >= 4 is 23.4 Å². The number of carboxylic acids is 1. The Hall–Kier alpha value is -2.33. The van der Waals surface area contributed by atoms with E-state index in [1.807, 2.05) is 6.07 Å². The van der Waals surface area contributed by atoms with Crippen LogP contribution in [0.5, 0.6) is 0 Å². The monoisotopic (exact) mass is 466 g/mol. The lowest BCUT2D eigenvalue weighted by atomic mass is 10.1. The van der Waals surface area contributed by atoms with Gasteiger partial charge in [-0.3, -0.25) is 9.78 Å². The average Bonchev–Trinajstić information content (AvgIpc) is 2.78. The van der Waals surface area contributed by atoms with Crippen molar-refractivity contribution in [2.75, 3.05) is 25.1 Å². The lowest BCUT2D eigenvalue weighted by Gasteiger charge is -2.18. The molecule has 8 nitrogen and oxygen atoms in total. The van der Waals surface area contributed by atoms with Crippen molar-refractivity contribution in [3.8, 4) is 0 Å². The number of halogens is 2. The molecule has 0 spiro atoms. The summed E-state index contributed by atoms with van der Waals surface area (Å²) in [6.45, 7) is 1.11. The van der Waals surface area contributed by atoms with Gasteiger partial charge in [-0.1, -0.05) is 17.7 Å². The first-order valence-electron chi connectivity index (χ1n) is 10.7. The molecule has 3 rings (SSSR count). The van der Waals surface area contributed by atoms with Gasteiger partial charge in [0.1, 0.15) is 17.7 Å². The highest BCUT2D eigenvalue weighted by Gasteiger charge is 2.19. The summed E-state index contributed by atoms with van der Waals surface area (Å²) in [7, 11) is 0. The molecule has 0 saturated carbocycles. The third kappa shape index (κ3) is 7.09. The molecule has 174 valence electrons. The van der Waals surface area contributed by atoms with E-state index in [2.05, 4.69) is 26.7 Å². The van der Waals surface area contributed by atoms with Crippen LogP contribution in [0.3, 0.4) is 0 Å². The fourth-order valence-electron chi connectivity index (χ4n) is 3.47. The quantitative estimate of drug-likeness (QED) is 0.353. The third-order valence-electron chi connectivity index (χ3n) is 5.32. The average molecular weight is 467 g/mol. The molecule has 1 aliphatic heterocycles. The number of nitrogens with one attached hydrogen (secondary N) is 2. The number of anilines is 1. The number of aliphatic carboxylic acids is 1. The van der Waals surface area contributed by atoms with E-state index >= 15 is 0 Å². The third-order valence-corrected chi connectivity index (χ3v) is 5.65. The Morgan fingerprint density at radius 1 is 1.34 bits per heavy atom. The van der Waals surface area contributed by atoms with Gasteiger partial charge >= 0.3 is 5.97 Å². The number of rotatable bonds is 12. The Balaban J connectivity index is 1.36. The molecule has 0 aromatic carbocycles. The topological polar surface area (TPSA) is 117 Å². The summed E-state index contributed by atoms with van der Waals surface area (Å²) in [6, 6.07) is 3.12. The molecule has 2 aromatic heterocycles. The van der Waals surface area contributed by atoms with Gasteiger partial charge in [0.25, 0.3) is 0 Å². The van der Waals surface area contributed by atoms with Crippen LogP contribution >= 0.6 is 11.6 Å². The van der Waals surface area contributed by atoms with E-state index in [0.717, 1.165) is 37.1 Å². The van der Waals surface area contributed by atoms with Crippen LogP contribution in [0.1, 0.15) is 36.1 Å². The molecule has 2 unspecified atom stereocenters. The number of aryl methyl sites for hydroxylation is 2. The molecule has 10 heteroatoms. The highest BCUT2D eigenvalue weighted by atomic mass is 35.5. The van der Waals surface area contributed by atoms with Gasteiger partial charge in [0, 0.05) is 37.2 Å². The molecule has 32 heavy (non-hydrogen) atoms. The van der Waals surface area contributed by atoms with Crippen LogP contribution in [0.15, 0.2) is 24.5 Å². The smallest absolute Gasteiger partial charge is 0.320 e. The van der Waals surface area contributed by atoms with Crippen LogP contribution in [0, 0.1) is 5.82 Å². The number of carboxylic acid groups (broad SMARTS) is 1. The summed E-state index contributed by atoms with van der Waals surface area (Å²) in [5, 5.41) is 25.7. The summed E-state index contributed by atoms with van der Waals surface area (Å²) in [4.78, 5) is 19.7. The van der Waals surface area contributed by atoms with Crippen molar-refractivity contribution in [3.63, 3.8) is 0 Å². The van der Waals surface area contributed by atoms with E-state index in [1.165, 1.54) is 11.8 Å². The Morgan fingerprint density at radius 3 is 2.97 bits per heavy atom. The van der Waals surface area contributed by atoms with Crippen LogP contribution in [0.4, 0.5) is 10.2 Å². The van der Waals surface area contributed by atoms with Crippen LogP contribution in [0.25, 0.3) is 0 Å². The molecule has 3 heterocycles. The van der Waals surface area contributed by atoms with Gasteiger partial charge in [0.05, 0.1) is 23.9 Å². The van der Waals surface area contributed by atoms with E-state index in [0.29, 0.717) is 12.8 Å². The Morgan fingerprint density at radius 2 is 2.19 bits per heavy atom. The van der Waals surface area contributed by atoms with Gasteiger partial charge in [-0.25, -0.2) is 9.37 Å². The number of hydrogen-bond acceptors (Lipinski definition) is 7. The Kier molecular flexibility index (Phi) is 9.16. The van der Waals surface area contributed by atoms with Crippen molar-refractivity contribution < 1.29 is 24.1 Å². The molecule has 2 aromatic rings. The molecule has 0 fully saturated rings. The predicted molar refractivity (Wildman–Crippen MR) is 118 cm³/mol. The lowest BCUT2D eigenvalue weighted by Crippen LogP contribution is -2.37. The van der Waals surface area contributed by atoms with Crippen LogP contribution in [-0.2, 0) is 28.9 Å². The second-order valence-electron chi connectivity index (χ2n) is 7.75. The SMILES string of the molecule is O=C(O)C(CCOCC(O)CCc1ccc2c(n1)NCCC2)NCc1c(F)cncc1Cl. The lowest BCUT2D eigenvalue weighted by molar-refractivity contribution is -0.140. The molecular formula is C22H28ClFN4O4. The normalized spacial score (nSPS) is 15.0. The number of aliphatic hydroxyl groups excluding tert-OH is 1. The van der Waals surface area contributed by atoms with Gasteiger partial charge in [0.2, 0.25) is 0 Å². The number of hydrogen-bond donors (Lipinski definition) is 4. The number of pyridine rings is 2. The molecule has 0 aliphatic carbocycles. The van der Waals surface area contributed by atoms with Crippen LogP contribution in [0.2, 0.25) is 5.02 Å². The minimum atomic E-state index is -1.08. The zero-order valence-electron chi connectivity index (χ0n) is 17.7. The van der Waals surface area contributed by atoms with Gasteiger partial charge in [-0.2, -0.15) is 0 Å². The van der Waals surface area contributed by atoms with Crippen molar-refractivity contribution in [2.24, 2.45) is 0 Å². The second kappa shape index (κ2) is 12.1. The standard InChI is InChI=1S/C22H28ClFN4O4/c23-18-11-25-12-19(24)17(18)10-27-20(22(30)31)7-9-32-13-16(29)6-5-15-4-3-14-2-1-8-26-21(14)28-15/h3-4,11-12,16,20,27,29H,1-2,5-10,13H2,(H,26,28)(H,30,31). The minimum Gasteiger partial charge on any atom is -0.480 e. The van der Waals surface area contributed by atoms with E-state index in [1.54, 1.807) is 0 Å². The van der Waals surface area contributed by atoms with Gasteiger partial charge < -0.3 is 25.6 Å². The number of carbonyl (C=O) groups is 1. The molecular weight excluding hydrogens is 439 g/mol. The minimum absolute atomic E-state index is 0.0462. The molecule has 1 aliphatic rings. The van der Waals surface area contributed by atoms with Gasteiger partial charge in [-0.15, -0.1) is 0 Å². The van der Waals surface area contributed by atoms with Gasteiger partial charge in [0.15, 0.2) is 0 Å². The highest BCUT2D eigenvalue weighted by molar-refractivity contribution is 6.31. The maximum atomic E-state index is 13.8. The van der Waals surface area contributed by atoms with E-state index in [-0.39, 0.29) is 36.8 Å². The fraction of sp³-hybridized carbons (Fsp3) is 0.500. The van der Waals surface area contributed by atoms with Crippen molar-refractivity contribution in [3.05, 3.63) is 52.2 Å². The number of aliphatic hydroxyl groups is 1. The first-order chi connectivity index (χ1) is 15.4. The Bertz CT molecular complexity index is 897. The number of ether oxygens (including phenoxy) is 1. The highest BCUT2D eigenvalue weighted by Crippen LogP contribution is 2.20. The van der Waals surface area contributed by atoms with Gasteiger partial charge in [-0.05, 0) is 43.7 Å². The zero-order chi connectivity index (χ0) is 22.9. The van der Waals surface area contributed by atoms with Crippen molar-refractivity contribution in [1.82, 2.24) is 15.3 Å². The van der Waals surface area contributed by atoms with E-state index in [4.69, 9.17) is 16.3 Å². The summed E-state index contributed by atoms with van der Waals surface area (Å²) in [6.07, 6.45) is 5.06. The van der Waals surface area contributed by atoms with Crippen LogP contribution in [-0.4, -0.2) is 58.1 Å². The summed E-state index contributed by atoms with van der Waals surface area (Å²) in [5.41, 5.74) is 2.30. The summed E-state index contributed by atoms with van der Waals surface area (Å²) >= 11 is 5.91. The van der Waals surface area contributed by atoms with Crippen LogP contribution < -0.4 is 10.6 Å². The molecule has 2 atom stereocenters. The molecule has 0 bridgehead atoms. The first-order valence-corrected chi connectivity index (χ1v) is 11.0. The van der Waals surface area contributed by atoms with E-state index < -0.39 is 23.9 Å². The first kappa shape index (κ1) is 24.3. The second-order valence-corrected chi connectivity index (χ2v) is 8.16. The largest absolute Gasteiger partial charge is 0.480 e. The predicted octanol–water partition coefficient (Wildman–Crippen LogP) is 2.57. The maximum absolute atomic E-state index is 13.8. The molecule has 0 saturated heterocycles. The number of aromatic nitrogens is 2. The number of nitrogens with zero attached hydrogens (tertiary/aromatic N) is 2. The molecule has 4 N–H and O–H groups in total. The molecule has 0 amide bonds. The van der Waals surface area contributed by atoms with E-state index in [9.17, 15) is 19.4 Å². The summed E-state index contributed by atoms with van der Waals surface area (Å²) in [5.74, 6) is -0.746. The van der Waals surface area contributed by atoms with Crippen molar-refractivity contribution in [2.45, 2.75) is 50.8 Å². The maximum Gasteiger partial charge on any atom is 0.320 e. The summed E-state index contributed by atoms with van der Waals surface area (Å²) < 4.78 is 19.2. The zero-order valence-corrected chi connectivity index (χ0v) is 18.4. The Labute approximate surface area is 191 Å². The van der Waals surface area contributed by atoms with Crippen molar-refractivity contribution in [1.29, 1.82) is 0 Å².